The van der Waals surface area contributed by atoms with E-state index in [1.54, 1.807) is 6.92 Å². The van der Waals surface area contributed by atoms with Crippen LogP contribution in [0.1, 0.15) is 37.4 Å². The Labute approximate surface area is 100 Å². The van der Waals surface area contributed by atoms with Crippen molar-refractivity contribution >= 4 is 11.0 Å². The van der Waals surface area contributed by atoms with Crippen molar-refractivity contribution in [2.45, 2.75) is 32.5 Å². The normalized spacial score (nSPS) is 21.5. The minimum absolute atomic E-state index is 0.410. The van der Waals surface area contributed by atoms with Crippen LogP contribution in [0.25, 0.3) is 11.0 Å². The molecular weight excluding hydrogens is 214 g/mol. The van der Waals surface area contributed by atoms with Crippen molar-refractivity contribution in [3.05, 3.63) is 29.6 Å². The Morgan fingerprint density at radius 2 is 2.35 bits per heavy atom. The number of rotatable bonds is 1. The monoisotopic (exact) mass is 231 g/mol. The minimum atomic E-state index is -0.512. The fourth-order valence-electron chi connectivity index (χ4n) is 2.53. The highest BCUT2D eigenvalue weighted by atomic mass is 16.3. The molecule has 1 unspecified atom stereocenters. The SMILES string of the molecule is CC(O)c1ccc2cc3n(c2n1)[C@H](C)CNC3. The minimum Gasteiger partial charge on any atom is -0.387 e. The number of hydrogen-bond acceptors (Lipinski definition) is 3. The summed E-state index contributed by atoms with van der Waals surface area (Å²) in [6.07, 6.45) is -0.512. The molecule has 0 spiro atoms. The summed E-state index contributed by atoms with van der Waals surface area (Å²) in [5.41, 5.74) is 3.01. The first-order valence-electron chi connectivity index (χ1n) is 6.06. The lowest BCUT2D eigenvalue weighted by molar-refractivity contribution is 0.194. The molecule has 0 saturated carbocycles. The van der Waals surface area contributed by atoms with Crippen LogP contribution in [0, 0.1) is 0 Å². The van der Waals surface area contributed by atoms with Gasteiger partial charge in [-0.3, -0.25) is 0 Å². The molecule has 1 aliphatic heterocycles. The number of nitrogens with zero attached hydrogens (tertiary/aromatic N) is 2. The maximum atomic E-state index is 9.61. The predicted octanol–water partition coefficient (Wildman–Crippen LogP) is 1.75. The lowest BCUT2D eigenvalue weighted by Gasteiger charge is -2.24. The standard InChI is InChI=1S/C13H17N3O/c1-8-6-14-7-11-5-10-3-4-12(9(2)17)15-13(10)16(8)11/h3-5,8-9,14,17H,6-7H2,1-2H3/t8-,9?/m1/s1. The number of aliphatic hydroxyl groups excluding tert-OH is 1. The van der Waals surface area contributed by atoms with Gasteiger partial charge in [-0.15, -0.1) is 0 Å². The molecule has 0 aliphatic carbocycles. The fraction of sp³-hybridized carbons (Fsp3) is 0.462. The highest BCUT2D eigenvalue weighted by Crippen LogP contribution is 2.26. The van der Waals surface area contributed by atoms with E-state index in [1.807, 2.05) is 12.1 Å². The molecule has 4 nitrogen and oxygen atoms in total. The quantitative estimate of drug-likeness (QED) is 0.786. The number of fused-ring (bicyclic) bond motifs is 3. The summed E-state index contributed by atoms with van der Waals surface area (Å²) in [6.45, 7) is 5.80. The smallest absolute Gasteiger partial charge is 0.140 e. The topological polar surface area (TPSA) is 50.1 Å². The van der Waals surface area contributed by atoms with Gasteiger partial charge in [0.05, 0.1) is 11.8 Å². The van der Waals surface area contributed by atoms with E-state index in [-0.39, 0.29) is 0 Å². The van der Waals surface area contributed by atoms with Gasteiger partial charge < -0.3 is 15.0 Å². The summed E-state index contributed by atoms with van der Waals surface area (Å²) in [4.78, 5) is 4.58. The van der Waals surface area contributed by atoms with Crippen molar-refractivity contribution in [3.63, 3.8) is 0 Å². The Balaban J connectivity index is 2.24. The van der Waals surface area contributed by atoms with Gasteiger partial charge in [0.15, 0.2) is 0 Å². The number of aromatic nitrogens is 2. The summed E-state index contributed by atoms with van der Waals surface area (Å²) in [7, 11) is 0. The summed E-state index contributed by atoms with van der Waals surface area (Å²) < 4.78 is 2.28. The second-order valence-corrected chi connectivity index (χ2v) is 4.81. The molecule has 3 heterocycles. The molecule has 2 N–H and O–H groups in total. The first kappa shape index (κ1) is 10.7. The fourth-order valence-corrected chi connectivity index (χ4v) is 2.53. The third-order valence-electron chi connectivity index (χ3n) is 3.40. The summed E-state index contributed by atoms with van der Waals surface area (Å²) in [6, 6.07) is 6.53. The first-order chi connectivity index (χ1) is 8.16. The summed E-state index contributed by atoms with van der Waals surface area (Å²) in [5, 5.41) is 14.2. The van der Waals surface area contributed by atoms with E-state index in [1.165, 1.54) is 5.69 Å². The largest absolute Gasteiger partial charge is 0.387 e. The Hall–Kier alpha value is -1.39. The highest BCUT2D eigenvalue weighted by molar-refractivity contribution is 5.78. The Kier molecular flexibility index (Phi) is 2.42. The maximum absolute atomic E-state index is 9.61. The zero-order valence-electron chi connectivity index (χ0n) is 10.1. The van der Waals surface area contributed by atoms with Crippen LogP contribution in [0.4, 0.5) is 0 Å². The van der Waals surface area contributed by atoms with Crippen LogP contribution in [0.15, 0.2) is 18.2 Å². The van der Waals surface area contributed by atoms with Gasteiger partial charge in [-0.05, 0) is 32.0 Å². The molecule has 0 aromatic carbocycles. The number of hydrogen-bond donors (Lipinski definition) is 2. The van der Waals surface area contributed by atoms with Gasteiger partial charge in [0.2, 0.25) is 0 Å². The van der Waals surface area contributed by atoms with Crippen molar-refractivity contribution in [1.82, 2.24) is 14.9 Å². The van der Waals surface area contributed by atoms with E-state index in [0.717, 1.165) is 29.8 Å². The van der Waals surface area contributed by atoms with Crippen LogP contribution in [0.5, 0.6) is 0 Å². The lowest BCUT2D eigenvalue weighted by atomic mass is 10.2. The van der Waals surface area contributed by atoms with E-state index in [0.29, 0.717) is 6.04 Å². The summed E-state index contributed by atoms with van der Waals surface area (Å²) >= 11 is 0. The average Bonchev–Trinajstić information content (AvgIpc) is 2.67. The Morgan fingerprint density at radius 3 is 3.12 bits per heavy atom. The van der Waals surface area contributed by atoms with Crippen molar-refractivity contribution < 1.29 is 5.11 Å². The molecule has 0 fully saturated rings. The van der Waals surface area contributed by atoms with Crippen molar-refractivity contribution in [2.75, 3.05) is 6.54 Å². The second-order valence-electron chi connectivity index (χ2n) is 4.81. The molecule has 0 saturated heterocycles. The van der Waals surface area contributed by atoms with E-state index in [9.17, 15) is 5.11 Å². The van der Waals surface area contributed by atoms with Gasteiger partial charge in [-0.1, -0.05) is 0 Å². The van der Waals surface area contributed by atoms with Crippen molar-refractivity contribution in [1.29, 1.82) is 0 Å². The molecular formula is C13H17N3O. The van der Waals surface area contributed by atoms with Gasteiger partial charge in [-0.25, -0.2) is 4.98 Å². The van der Waals surface area contributed by atoms with Gasteiger partial charge in [0, 0.05) is 30.2 Å². The van der Waals surface area contributed by atoms with E-state index in [4.69, 9.17) is 0 Å². The van der Waals surface area contributed by atoms with Crippen LogP contribution in [0.2, 0.25) is 0 Å². The second kappa shape index (κ2) is 3.82. The molecule has 2 atom stereocenters. The number of pyridine rings is 1. The molecule has 0 bridgehead atoms. The van der Waals surface area contributed by atoms with Crippen LogP contribution in [0.3, 0.4) is 0 Å². The van der Waals surface area contributed by atoms with E-state index < -0.39 is 6.10 Å². The summed E-state index contributed by atoms with van der Waals surface area (Å²) in [5.74, 6) is 0. The van der Waals surface area contributed by atoms with Crippen LogP contribution >= 0.6 is 0 Å². The number of aliphatic hydroxyl groups is 1. The molecule has 2 aromatic heterocycles. The first-order valence-corrected chi connectivity index (χ1v) is 6.06. The molecule has 2 aromatic rings. The third kappa shape index (κ3) is 1.64. The molecule has 4 heteroatoms. The molecule has 90 valence electrons. The third-order valence-corrected chi connectivity index (χ3v) is 3.40. The Morgan fingerprint density at radius 1 is 1.53 bits per heavy atom. The number of nitrogens with one attached hydrogen (secondary N) is 1. The lowest BCUT2D eigenvalue weighted by Crippen LogP contribution is -2.31. The van der Waals surface area contributed by atoms with Gasteiger partial charge in [0.25, 0.3) is 0 Å². The molecule has 1 aliphatic rings. The van der Waals surface area contributed by atoms with E-state index >= 15 is 0 Å². The predicted molar refractivity (Wildman–Crippen MR) is 66.8 cm³/mol. The molecule has 3 rings (SSSR count). The van der Waals surface area contributed by atoms with Gasteiger partial charge >= 0.3 is 0 Å². The van der Waals surface area contributed by atoms with Gasteiger partial charge in [-0.2, -0.15) is 0 Å². The maximum Gasteiger partial charge on any atom is 0.140 e. The molecule has 17 heavy (non-hydrogen) atoms. The van der Waals surface area contributed by atoms with Crippen LogP contribution in [-0.2, 0) is 6.54 Å². The average molecular weight is 231 g/mol. The molecule has 0 radical (unpaired) electrons. The van der Waals surface area contributed by atoms with Crippen LogP contribution < -0.4 is 5.32 Å². The van der Waals surface area contributed by atoms with Gasteiger partial charge in [0.1, 0.15) is 5.65 Å². The van der Waals surface area contributed by atoms with Crippen molar-refractivity contribution in [3.8, 4) is 0 Å². The zero-order chi connectivity index (χ0) is 12.0. The highest BCUT2D eigenvalue weighted by Gasteiger charge is 2.19. The Bertz CT molecular complexity index is 559. The van der Waals surface area contributed by atoms with Crippen LogP contribution in [-0.4, -0.2) is 21.2 Å². The van der Waals surface area contributed by atoms with Crippen molar-refractivity contribution in [2.24, 2.45) is 0 Å². The zero-order valence-corrected chi connectivity index (χ0v) is 10.1. The van der Waals surface area contributed by atoms with E-state index in [2.05, 4.69) is 27.9 Å². The molecule has 0 amide bonds.